The summed E-state index contributed by atoms with van der Waals surface area (Å²) in [5.41, 5.74) is 1.46. The van der Waals surface area contributed by atoms with E-state index in [-0.39, 0.29) is 30.8 Å². The van der Waals surface area contributed by atoms with E-state index in [1.54, 1.807) is 30.3 Å². The van der Waals surface area contributed by atoms with Crippen LogP contribution in [0.15, 0.2) is 47.5 Å². The molecule has 2 amide bonds. The summed E-state index contributed by atoms with van der Waals surface area (Å²) in [5, 5.41) is 12.3. The number of benzene rings is 2. The van der Waals surface area contributed by atoms with Gasteiger partial charge in [0.25, 0.3) is 11.8 Å². The number of hydrogen-bond donors (Lipinski definition) is 2. The topological polar surface area (TPSA) is 99.1 Å². The number of halogens is 2. The number of aliphatic carboxylic acids is 1. The standard InChI is InChI=1S/C30H37Cl2N3O4/c1-6-25(20-7-9-21(10-8-20)28(38)33-14-12-26(36)37)35-29(39)27(22-15-23(31)17-24(32)16-22)34-30(35,5)13-11-19(4)18(2)3/h7-10,15-19,25H,6,11-14H2,1-5H3,(H,33,38)(H,36,37). The Morgan fingerprint density at radius 1 is 1.08 bits per heavy atom. The van der Waals surface area contributed by atoms with Gasteiger partial charge in [0.15, 0.2) is 0 Å². The van der Waals surface area contributed by atoms with Gasteiger partial charge in [0.1, 0.15) is 11.4 Å². The smallest absolute Gasteiger partial charge is 0.305 e. The van der Waals surface area contributed by atoms with Crippen LogP contribution in [0, 0.1) is 11.8 Å². The van der Waals surface area contributed by atoms with Crippen molar-refractivity contribution in [1.82, 2.24) is 10.2 Å². The summed E-state index contributed by atoms with van der Waals surface area (Å²) in [6.07, 6.45) is 2.09. The molecule has 0 fully saturated rings. The first-order valence-corrected chi connectivity index (χ1v) is 14.1. The largest absolute Gasteiger partial charge is 0.481 e. The van der Waals surface area contributed by atoms with E-state index in [1.807, 2.05) is 30.9 Å². The van der Waals surface area contributed by atoms with Crippen LogP contribution < -0.4 is 5.32 Å². The second-order valence-corrected chi connectivity index (χ2v) is 11.6. The first-order chi connectivity index (χ1) is 18.4. The van der Waals surface area contributed by atoms with E-state index in [0.717, 1.165) is 12.0 Å². The highest BCUT2D eigenvalue weighted by Crippen LogP contribution is 2.41. The van der Waals surface area contributed by atoms with Crippen molar-refractivity contribution in [2.75, 3.05) is 6.54 Å². The fourth-order valence-corrected chi connectivity index (χ4v) is 5.38. The van der Waals surface area contributed by atoms with Crippen molar-refractivity contribution in [3.63, 3.8) is 0 Å². The highest BCUT2D eigenvalue weighted by Gasteiger charge is 2.47. The molecular weight excluding hydrogens is 537 g/mol. The molecule has 1 aliphatic heterocycles. The third-order valence-corrected chi connectivity index (χ3v) is 7.96. The Labute approximate surface area is 240 Å². The number of carboxylic acid groups (broad SMARTS) is 1. The Kier molecular flexibility index (Phi) is 10.2. The van der Waals surface area contributed by atoms with Gasteiger partial charge in [-0.3, -0.25) is 19.4 Å². The van der Waals surface area contributed by atoms with E-state index < -0.39 is 11.6 Å². The number of nitrogens with zero attached hydrogens (tertiary/aromatic N) is 2. The quantitative estimate of drug-likeness (QED) is 0.292. The van der Waals surface area contributed by atoms with Crippen LogP contribution >= 0.6 is 23.2 Å². The van der Waals surface area contributed by atoms with Crippen molar-refractivity contribution in [3.05, 3.63) is 69.2 Å². The van der Waals surface area contributed by atoms with Crippen molar-refractivity contribution in [1.29, 1.82) is 0 Å². The molecule has 0 saturated heterocycles. The molecule has 2 N–H and O–H groups in total. The van der Waals surface area contributed by atoms with E-state index in [2.05, 4.69) is 26.1 Å². The normalized spacial score (nSPS) is 18.7. The average Bonchev–Trinajstić information content (AvgIpc) is 3.13. The maximum atomic E-state index is 14.0. The number of amides is 2. The van der Waals surface area contributed by atoms with Gasteiger partial charge in [0.05, 0.1) is 12.5 Å². The Bertz CT molecular complexity index is 1230. The number of rotatable bonds is 12. The van der Waals surface area contributed by atoms with Gasteiger partial charge in [-0.1, -0.05) is 63.0 Å². The molecule has 210 valence electrons. The summed E-state index contributed by atoms with van der Waals surface area (Å²) >= 11 is 12.5. The number of hydrogen-bond acceptors (Lipinski definition) is 4. The van der Waals surface area contributed by atoms with Crippen LogP contribution in [0.5, 0.6) is 0 Å². The van der Waals surface area contributed by atoms with Crippen molar-refractivity contribution in [2.45, 2.75) is 72.0 Å². The summed E-state index contributed by atoms with van der Waals surface area (Å²) in [6.45, 7) is 10.7. The number of carbonyl (C=O) groups excluding carboxylic acids is 2. The molecule has 0 saturated carbocycles. The predicted octanol–water partition coefficient (Wildman–Crippen LogP) is 6.77. The van der Waals surface area contributed by atoms with Gasteiger partial charge in [-0.15, -0.1) is 0 Å². The van der Waals surface area contributed by atoms with Crippen LogP contribution in [-0.4, -0.2) is 45.7 Å². The zero-order valence-corrected chi connectivity index (χ0v) is 24.6. The lowest BCUT2D eigenvalue weighted by molar-refractivity contribution is -0.137. The Morgan fingerprint density at radius 3 is 2.23 bits per heavy atom. The number of carboxylic acids is 1. The van der Waals surface area contributed by atoms with Crippen molar-refractivity contribution >= 4 is 46.7 Å². The number of nitrogens with one attached hydrogen (secondary N) is 1. The summed E-state index contributed by atoms with van der Waals surface area (Å²) in [7, 11) is 0. The van der Waals surface area contributed by atoms with E-state index in [1.165, 1.54) is 0 Å². The molecule has 2 aromatic carbocycles. The van der Waals surface area contributed by atoms with Crippen LogP contribution in [0.4, 0.5) is 0 Å². The lowest BCUT2D eigenvalue weighted by Gasteiger charge is -2.40. The van der Waals surface area contributed by atoms with Gasteiger partial charge < -0.3 is 15.3 Å². The Morgan fingerprint density at radius 2 is 1.69 bits per heavy atom. The van der Waals surface area contributed by atoms with E-state index in [4.69, 9.17) is 33.3 Å². The van der Waals surface area contributed by atoms with E-state index >= 15 is 0 Å². The monoisotopic (exact) mass is 573 g/mol. The summed E-state index contributed by atoms with van der Waals surface area (Å²) in [5.74, 6) is -0.540. The fraction of sp³-hybridized carbons (Fsp3) is 0.467. The Balaban J connectivity index is 1.95. The van der Waals surface area contributed by atoms with Gasteiger partial charge in [0, 0.05) is 27.7 Å². The molecule has 1 heterocycles. The van der Waals surface area contributed by atoms with Gasteiger partial charge in [-0.2, -0.15) is 0 Å². The molecule has 1 aliphatic rings. The average molecular weight is 575 g/mol. The molecule has 0 aliphatic carbocycles. The van der Waals surface area contributed by atoms with E-state index in [9.17, 15) is 14.4 Å². The molecule has 0 radical (unpaired) electrons. The first-order valence-electron chi connectivity index (χ1n) is 13.4. The molecule has 3 atom stereocenters. The summed E-state index contributed by atoms with van der Waals surface area (Å²) in [4.78, 5) is 44.1. The second-order valence-electron chi connectivity index (χ2n) is 10.7. The Hall–Kier alpha value is -2.90. The van der Waals surface area contributed by atoms with E-state index in [0.29, 0.717) is 51.6 Å². The second kappa shape index (κ2) is 13.0. The molecular formula is C30H37Cl2N3O4. The van der Waals surface area contributed by atoms with Crippen molar-refractivity contribution in [2.24, 2.45) is 16.8 Å². The van der Waals surface area contributed by atoms with Crippen molar-refractivity contribution in [3.8, 4) is 0 Å². The molecule has 0 bridgehead atoms. The lowest BCUT2D eigenvalue weighted by atomic mass is 9.88. The molecule has 3 unspecified atom stereocenters. The van der Waals surface area contributed by atoms with Crippen LogP contribution in [0.3, 0.4) is 0 Å². The summed E-state index contributed by atoms with van der Waals surface area (Å²) < 4.78 is 0. The maximum Gasteiger partial charge on any atom is 0.305 e. The highest BCUT2D eigenvalue weighted by atomic mass is 35.5. The minimum absolute atomic E-state index is 0.0522. The van der Waals surface area contributed by atoms with Gasteiger partial charge >= 0.3 is 5.97 Å². The van der Waals surface area contributed by atoms with Gasteiger partial charge in [-0.05, 0) is 73.9 Å². The van der Waals surface area contributed by atoms with Crippen LogP contribution in [-0.2, 0) is 9.59 Å². The lowest BCUT2D eigenvalue weighted by Crippen LogP contribution is -2.47. The molecule has 9 heteroatoms. The first kappa shape index (κ1) is 30.6. The highest BCUT2D eigenvalue weighted by molar-refractivity contribution is 6.47. The summed E-state index contributed by atoms with van der Waals surface area (Å²) in [6, 6.07) is 11.9. The number of carbonyl (C=O) groups is 3. The van der Waals surface area contributed by atoms with Gasteiger partial charge in [0.2, 0.25) is 0 Å². The molecule has 0 spiro atoms. The molecule has 39 heavy (non-hydrogen) atoms. The van der Waals surface area contributed by atoms with Crippen LogP contribution in [0.2, 0.25) is 10.0 Å². The molecule has 0 aromatic heterocycles. The van der Waals surface area contributed by atoms with Crippen LogP contribution in [0.25, 0.3) is 0 Å². The molecule has 2 aromatic rings. The zero-order chi connectivity index (χ0) is 28.9. The fourth-order valence-electron chi connectivity index (χ4n) is 4.85. The molecule has 7 nitrogen and oxygen atoms in total. The predicted molar refractivity (Wildman–Crippen MR) is 156 cm³/mol. The van der Waals surface area contributed by atoms with Crippen LogP contribution in [0.1, 0.15) is 87.8 Å². The minimum atomic E-state index is -0.973. The van der Waals surface area contributed by atoms with Crippen molar-refractivity contribution < 1.29 is 19.5 Å². The number of aliphatic imine (C=N–C) groups is 1. The maximum absolute atomic E-state index is 14.0. The molecule has 3 rings (SSSR count). The third-order valence-electron chi connectivity index (χ3n) is 7.52. The van der Waals surface area contributed by atoms with Gasteiger partial charge in [-0.25, -0.2) is 0 Å². The third kappa shape index (κ3) is 7.40. The minimum Gasteiger partial charge on any atom is -0.481 e. The zero-order valence-electron chi connectivity index (χ0n) is 23.1. The SMILES string of the molecule is CCC(c1ccc(C(=O)NCCC(=O)O)cc1)N1C(=O)C(c2cc(Cl)cc(Cl)c2)=NC1(C)CCC(C)C(C)C.